The van der Waals surface area contributed by atoms with Crippen LogP contribution < -0.4 is 15.4 Å². The minimum atomic E-state index is 0.224. The van der Waals surface area contributed by atoms with Crippen LogP contribution in [-0.4, -0.2) is 18.8 Å². The Morgan fingerprint density at radius 3 is 2.44 bits per heavy atom. The number of nitrogens with one attached hydrogen (secondary N) is 2. The van der Waals surface area contributed by atoms with E-state index in [4.69, 9.17) is 4.74 Å². The van der Waals surface area contributed by atoms with E-state index in [1.807, 2.05) is 12.1 Å². The number of benzene rings is 3. The summed E-state index contributed by atoms with van der Waals surface area (Å²) >= 11 is 0. The van der Waals surface area contributed by atoms with Crippen LogP contribution in [0.2, 0.25) is 0 Å². The Morgan fingerprint density at radius 1 is 0.971 bits per heavy atom. The Kier molecular flexibility index (Phi) is 7.79. The van der Waals surface area contributed by atoms with Crippen molar-refractivity contribution in [2.75, 3.05) is 19.0 Å². The SMILES string of the molecule is CCN[C@H](C)c1ccc([C@@H](CC)Nc2cc(OC)ccc2[C@@H]2CCc3cc(O)ccc3C2)cc1. The molecule has 0 radical (unpaired) electrons. The van der Waals surface area contributed by atoms with Crippen molar-refractivity contribution in [3.05, 3.63) is 88.5 Å². The van der Waals surface area contributed by atoms with E-state index in [9.17, 15) is 5.11 Å². The van der Waals surface area contributed by atoms with Gasteiger partial charge in [0.05, 0.1) is 13.2 Å². The summed E-state index contributed by atoms with van der Waals surface area (Å²) < 4.78 is 5.58. The van der Waals surface area contributed by atoms with Gasteiger partial charge in [-0.15, -0.1) is 0 Å². The predicted octanol–water partition coefficient (Wildman–Crippen LogP) is 6.91. The molecule has 0 amide bonds. The number of ether oxygens (including phenoxy) is 1. The summed E-state index contributed by atoms with van der Waals surface area (Å²) in [6, 6.07) is 21.8. The molecule has 4 nitrogen and oxygen atoms in total. The third kappa shape index (κ3) is 5.39. The second kappa shape index (κ2) is 11.0. The molecule has 0 saturated carbocycles. The molecule has 34 heavy (non-hydrogen) atoms. The van der Waals surface area contributed by atoms with E-state index in [-0.39, 0.29) is 6.04 Å². The molecule has 0 bridgehead atoms. The van der Waals surface area contributed by atoms with Crippen molar-refractivity contribution in [3.63, 3.8) is 0 Å². The minimum Gasteiger partial charge on any atom is -0.508 e. The lowest BCUT2D eigenvalue weighted by Crippen LogP contribution is -2.18. The summed E-state index contributed by atoms with van der Waals surface area (Å²) in [6.45, 7) is 7.55. The van der Waals surface area contributed by atoms with Crippen molar-refractivity contribution in [2.24, 2.45) is 0 Å². The molecule has 0 aliphatic heterocycles. The van der Waals surface area contributed by atoms with E-state index < -0.39 is 0 Å². The van der Waals surface area contributed by atoms with E-state index in [0.29, 0.717) is 17.7 Å². The maximum absolute atomic E-state index is 9.85. The maximum Gasteiger partial charge on any atom is 0.120 e. The Morgan fingerprint density at radius 2 is 1.74 bits per heavy atom. The molecule has 0 heterocycles. The molecule has 0 fully saturated rings. The second-order valence-electron chi connectivity index (χ2n) is 9.40. The van der Waals surface area contributed by atoms with E-state index >= 15 is 0 Å². The summed E-state index contributed by atoms with van der Waals surface area (Å²) in [5.41, 5.74) is 7.73. The van der Waals surface area contributed by atoms with Crippen LogP contribution in [0.1, 0.15) is 79.4 Å². The highest BCUT2D eigenvalue weighted by atomic mass is 16.5. The lowest BCUT2D eigenvalue weighted by atomic mass is 9.79. The molecule has 4 heteroatoms. The maximum atomic E-state index is 9.85. The smallest absolute Gasteiger partial charge is 0.120 e. The highest BCUT2D eigenvalue weighted by molar-refractivity contribution is 5.59. The Labute approximate surface area is 204 Å². The summed E-state index contributed by atoms with van der Waals surface area (Å²) in [7, 11) is 1.73. The minimum absolute atomic E-state index is 0.224. The molecule has 4 rings (SSSR count). The zero-order valence-corrected chi connectivity index (χ0v) is 20.9. The number of anilines is 1. The highest BCUT2D eigenvalue weighted by Gasteiger charge is 2.24. The largest absolute Gasteiger partial charge is 0.508 e. The summed E-state index contributed by atoms with van der Waals surface area (Å²) in [5.74, 6) is 1.67. The molecule has 180 valence electrons. The number of methoxy groups -OCH3 is 1. The molecule has 3 aromatic carbocycles. The number of phenols is 1. The molecule has 3 atom stereocenters. The van der Waals surface area contributed by atoms with Gasteiger partial charge >= 0.3 is 0 Å². The number of hydrogen-bond donors (Lipinski definition) is 3. The monoisotopic (exact) mass is 458 g/mol. The molecular weight excluding hydrogens is 420 g/mol. The van der Waals surface area contributed by atoms with Gasteiger partial charge in [-0.25, -0.2) is 0 Å². The van der Waals surface area contributed by atoms with E-state index in [2.05, 4.69) is 79.9 Å². The van der Waals surface area contributed by atoms with Crippen molar-refractivity contribution in [3.8, 4) is 11.5 Å². The third-order valence-corrected chi connectivity index (χ3v) is 7.21. The lowest BCUT2D eigenvalue weighted by Gasteiger charge is -2.29. The van der Waals surface area contributed by atoms with Crippen molar-refractivity contribution in [2.45, 2.75) is 64.5 Å². The van der Waals surface area contributed by atoms with Gasteiger partial charge in [0.15, 0.2) is 0 Å². The zero-order valence-electron chi connectivity index (χ0n) is 20.9. The van der Waals surface area contributed by atoms with Crippen LogP contribution in [0.5, 0.6) is 11.5 Å². The molecule has 0 spiro atoms. The van der Waals surface area contributed by atoms with Gasteiger partial charge in [0, 0.05) is 17.8 Å². The van der Waals surface area contributed by atoms with Gasteiger partial charge in [-0.1, -0.05) is 50.2 Å². The molecular formula is C30H38N2O2. The summed E-state index contributed by atoms with van der Waals surface area (Å²) in [5, 5.41) is 17.2. The number of aryl methyl sites for hydroxylation is 1. The van der Waals surface area contributed by atoms with Crippen molar-refractivity contribution >= 4 is 5.69 Å². The molecule has 0 aromatic heterocycles. The average Bonchev–Trinajstić information content (AvgIpc) is 2.87. The fraction of sp³-hybridized carbons (Fsp3) is 0.400. The molecule has 3 aromatic rings. The van der Waals surface area contributed by atoms with E-state index in [1.54, 1.807) is 7.11 Å². The van der Waals surface area contributed by atoms with Crippen molar-refractivity contribution in [1.82, 2.24) is 5.32 Å². The second-order valence-corrected chi connectivity index (χ2v) is 9.40. The van der Waals surface area contributed by atoms with Crippen LogP contribution in [0.15, 0.2) is 60.7 Å². The van der Waals surface area contributed by atoms with Gasteiger partial charge < -0.3 is 20.5 Å². The molecule has 1 aliphatic rings. The van der Waals surface area contributed by atoms with Gasteiger partial charge in [0.1, 0.15) is 11.5 Å². The summed E-state index contributed by atoms with van der Waals surface area (Å²) in [6.07, 6.45) is 4.05. The highest BCUT2D eigenvalue weighted by Crippen LogP contribution is 2.39. The first kappa shape index (κ1) is 24.2. The van der Waals surface area contributed by atoms with Crippen LogP contribution >= 0.6 is 0 Å². The first-order valence-electron chi connectivity index (χ1n) is 12.6. The van der Waals surface area contributed by atoms with Crippen molar-refractivity contribution in [1.29, 1.82) is 0 Å². The third-order valence-electron chi connectivity index (χ3n) is 7.21. The van der Waals surface area contributed by atoms with E-state index in [0.717, 1.165) is 43.7 Å². The van der Waals surface area contributed by atoms with Gasteiger partial charge in [0.25, 0.3) is 0 Å². The Hall–Kier alpha value is -2.98. The van der Waals surface area contributed by atoms with Crippen LogP contribution in [-0.2, 0) is 12.8 Å². The van der Waals surface area contributed by atoms with Crippen LogP contribution in [0.4, 0.5) is 5.69 Å². The Balaban J connectivity index is 1.59. The molecule has 1 aliphatic carbocycles. The van der Waals surface area contributed by atoms with Gasteiger partial charge in [-0.2, -0.15) is 0 Å². The van der Waals surface area contributed by atoms with Gasteiger partial charge in [0.2, 0.25) is 0 Å². The van der Waals surface area contributed by atoms with Crippen LogP contribution in [0.25, 0.3) is 0 Å². The van der Waals surface area contributed by atoms with Crippen LogP contribution in [0.3, 0.4) is 0 Å². The zero-order chi connectivity index (χ0) is 24.1. The number of phenolic OH excluding ortho intramolecular Hbond substituents is 1. The first-order chi connectivity index (χ1) is 16.5. The predicted molar refractivity (Wildman–Crippen MR) is 141 cm³/mol. The molecule has 3 N–H and O–H groups in total. The lowest BCUT2D eigenvalue weighted by molar-refractivity contribution is 0.414. The number of fused-ring (bicyclic) bond motifs is 1. The fourth-order valence-corrected chi connectivity index (χ4v) is 5.20. The number of aromatic hydroxyl groups is 1. The molecule has 0 saturated heterocycles. The number of rotatable bonds is 9. The normalized spacial score (nSPS) is 17.0. The van der Waals surface area contributed by atoms with Gasteiger partial charge in [-0.3, -0.25) is 0 Å². The number of hydrogen-bond acceptors (Lipinski definition) is 4. The van der Waals surface area contributed by atoms with Crippen molar-refractivity contribution < 1.29 is 9.84 Å². The summed E-state index contributed by atoms with van der Waals surface area (Å²) in [4.78, 5) is 0. The quantitative estimate of drug-likeness (QED) is 0.326. The fourth-order valence-electron chi connectivity index (χ4n) is 5.20. The Bertz CT molecular complexity index is 1090. The van der Waals surface area contributed by atoms with E-state index in [1.165, 1.54) is 27.8 Å². The average molecular weight is 459 g/mol. The standard InChI is InChI=1S/C30H38N2O2/c1-5-29(22-9-7-21(8-10-22)20(3)31-6-2)32-30-19-27(34-4)15-16-28(30)25-12-11-24-18-26(33)14-13-23(24)17-25/h7-10,13-16,18-20,25,29,31-33H,5-6,11-12,17H2,1-4H3/t20-,25-,29-/m1/s1. The topological polar surface area (TPSA) is 53.5 Å². The van der Waals surface area contributed by atoms with Crippen LogP contribution in [0, 0.1) is 0 Å². The van der Waals surface area contributed by atoms with Gasteiger partial charge in [-0.05, 0) is 91.1 Å². The first-order valence-corrected chi connectivity index (χ1v) is 12.6. The molecule has 0 unspecified atom stereocenters.